The summed E-state index contributed by atoms with van der Waals surface area (Å²) in [6.07, 6.45) is 3.74. The number of hydrogen-bond acceptors (Lipinski definition) is 6. The molecule has 128 valence electrons. The molecule has 0 aliphatic rings. The van der Waals surface area contributed by atoms with Crippen LogP contribution in [0.25, 0.3) is 0 Å². The van der Waals surface area contributed by atoms with Crippen molar-refractivity contribution in [2.45, 2.75) is 35.6 Å². The molecule has 1 N–H and O–H groups in total. The molecule has 0 spiro atoms. The van der Waals surface area contributed by atoms with Crippen LogP contribution >= 0.6 is 11.8 Å². The Kier molecular flexibility index (Phi) is 6.33. The number of rotatable bonds is 7. The third-order valence-electron chi connectivity index (χ3n) is 3.25. The molecule has 1 amide bonds. The Bertz CT molecular complexity index is 795. The standard InChI is InChI=1S/C16H19N3O3S2/c1-3-10-24(21,22)12(2)16(20)19-13-7-9-18-15(11-13)23-14-6-4-5-8-17-14/h4-9,11-12H,3,10H2,1-2H3,(H,18,19,20). The molecule has 0 aliphatic heterocycles. The second-order valence-corrected chi connectivity index (χ2v) is 8.63. The topological polar surface area (TPSA) is 89.0 Å². The Morgan fingerprint density at radius 2 is 1.96 bits per heavy atom. The van der Waals surface area contributed by atoms with E-state index < -0.39 is 21.0 Å². The van der Waals surface area contributed by atoms with Crippen molar-refractivity contribution in [3.8, 4) is 0 Å². The van der Waals surface area contributed by atoms with Crippen LogP contribution in [0.5, 0.6) is 0 Å². The van der Waals surface area contributed by atoms with Crippen molar-refractivity contribution in [1.82, 2.24) is 9.97 Å². The molecular weight excluding hydrogens is 346 g/mol. The van der Waals surface area contributed by atoms with Crippen LogP contribution in [0.15, 0.2) is 52.8 Å². The predicted octanol–water partition coefficient (Wildman–Crippen LogP) is 2.78. The molecule has 0 bridgehead atoms. The van der Waals surface area contributed by atoms with Gasteiger partial charge in [0.1, 0.15) is 15.3 Å². The Hall–Kier alpha value is -1.93. The highest BCUT2D eigenvalue weighted by Crippen LogP contribution is 2.25. The summed E-state index contributed by atoms with van der Waals surface area (Å²) in [5, 5.41) is 3.00. The molecule has 2 aromatic rings. The third-order valence-corrected chi connectivity index (χ3v) is 6.40. The van der Waals surface area contributed by atoms with Gasteiger partial charge >= 0.3 is 0 Å². The molecule has 8 heteroatoms. The van der Waals surface area contributed by atoms with Gasteiger partial charge in [-0.1, -0.05) is 24.8 Å². The maximum Gasteiger partial charge on any atom is 0.242 e. The van der Waals surface area contributed by atoms with Crippen LogP contribution in [0.3, 0.4) is 0 Å². The summed E-state index contributed by atoms with van der Waals surface area (Å²) in [5.41, 5.74) is 0.506. The maximum absolute atomic E-state index is 12.2. The van der Waals surface area contributed by atoms with E-state index in [0.717, 1.165) is 5.03 Å². The van der Waals surface area contributed by atoms with Crippen LogP contribution < -0.4 is 5.32 Å². The molecule has 0 radical (unpaired) electrons. The number of nitrogens with one attached hydrogen (secondary N) is 1. The normalized spacial score (nSPS) is 12.6. The minimum Gasteiger partial charge on any atom is -0.325 e. The summed E-state index contributed by atoms with van der Waals surface area (Å²) in [7, 11) is -3.43. The van der Waals surface area contributed by atoms with Crippen LogP contribution in [0.1, 0.15) is 20.3 Å². The van der Waals surface area contributed by atoms with Gasteiger partial charge in [0.15, 0.2) is 9.84 Å². The van der Waals surface area contributed by atoms with E-state index in [1.165, 1.54) is 18.7 Å². The molecule has 0 saturated heterocycles. The van der Waals surface area contributed by atoms with Crippen LogP contribution in [-0.4, -0.2) is 35.3 Å². The molecule has 6 nitrogen and oxygen atoms in total. The first-order valence-corrected chi connectivity index (χ1v) is 10.0. The van der Waals surface area contributed by atoms with Gasteiger partial charge in [0.25, 0.3) is 0 Å². The first-order chi connectivity index (χ1) is 11.4. The van der Waals surface area contributed by atoms with Gasteiger partial charge in [0.2, 0.25) is 5.91 Å². The van der Waals surface area contributed by atoms with Gasteiger partial charge in [-0.3, -0.25) is 4.79 Å². The molecule has 1 unspecified atom stereocenters. The number of aromatic nitrogens is 2. The number of sulfone groups is 1. The van der Waals surface area contributed by atoms with E-state index in [0.29, 0.717) is 17.1 Å². The minimum absolute atomic E-state index is 0.00128. The number of carbonyl (C=O) groups is 1. The fraction of sp³-hybridized carbons (Fsp3) is 0.312. The highest BCUT2D eigenvalue weighted by Gasteiger charge is 2.27. The van der Waals surface area contributed by atoms with E-state index in [-0.39, 0.29) is 5.75 Å². The van der Waals surface area contributed by atoms with Crippen molar-refractivity contribution in [1.29, 1.82) is 0 Å². The minimum atomic E-state index is -3.43. The van der Waals surface area contributed by atoms with Gasteiger partial charge in [0, 0.05) is 18.1 Å². The van der Waals surface area contributed by atoms with Crippen LogP contribution in [-0.2, 0) is 14.6 Å². The van der Waals surface area contributed by atoms with Crippen LogP contribution in [0, 0.1) is 0 Å². The summed E-state index contributed by atoms with van der Waals surface area (Å²) in [5.74, 6) is -0.540. The Morgan fingerprint density at radius 1 is 1.21 bits per heavy atom. The molecular formula is C16H19N3O3S2. The maximum atomic E-state index is 12.2. The van der Waals surface area contributed by atoms with Gasteiger partial charge in [0.05, 0.1) is 5.75 Å². The lowest BCUT2D eigenvalue weighted by atomic mass is 10.3. The summed E-state index contributed by atoms with van der Waals surface area (Å²) >= 11 is 1.36. The van der Waals surface area contributed by atoms with E-state index in [2.05, 4.69) is 15.3 Å². The summed E-state index contributed by atoms with van der Waals surface area (Å²) in [6.45, 7) is 3.18. The zero-order valence-electron chi connectivity index (χ0n) is 13.5. The molecule has 0 aliphatic carbocycles. The van der Waals surface area contributed by atoms with Crippen LogP contribution in [0.4, 0.5) is 5.69 Å². The highest BCUT2D eigenvalue weighted by atomic mass is 32.2. The molecule has 2 aromatic heterocycles. The average Bonchev–Trinajstić information content (AvgIpc) is 2.55. The van der Waals surface area contributed by atoms with Crippen LogP contribution in [0.2, 0.25) is 0 Å². The second-order valence-electron chi connectivity index (χ2n) is 5.15. The quantitative estimate of drug-likeness (QED) is 0.811. The summed E-state index contributed by atoms with van der Waals surface area (Å²) < 4.78 is 24.0. The number of anilines is 1. The lowest BCUT2D eigenvalue weighted by molar-refractivity contribution is -0.115. The zero-order chi connectivity index (χ0) is 17.6. The predicted molar refractivity (Wildman–Crippen MR) is 94.8 cm³/mol. The fourth-order valence-corrected chi connectivity index (χ4v) is 4.01. The highest BCUT2D eigenvalue weighted by molar-refractivity contribution is 7.99. The first kappa shape index (κ1) is 18.4. The summed E-state index contributed by atoms with van der Waals surface area (Å²) in [4.78, 5) is 20.6. The number of hydrogen-bond donors (Lipinski definition) is 1. The van der Waals surface area contributed by atoms with Crippen molar-refractivity contribution >= 4 is 33.2 Å². The fourth-order valence-electron chi connectivity index (χ4n) is 1.93. The van der Waals surface area contributed by atoms with Gasteiger partial charge in [-0.05, 0) is 37.6 Å². The molecule has 2 rings (SSSR count). The van der Waals surface area contributed by atoms with Crippen molar-refractivity contribution in [3.63, 3.8) is 0 Å². The van der Waals surface area contributed by atoms with Gasteiger partial charge in [-0.15, -0.1) is 0 Å². The number of carbonyl (C=O) groups excluding carboxylic acids is 1. The van der Waals surface area contributed by atoms with Gasteiger partial charge < -0.3 is 5.32 Å². The third kappa shape index (κ3) is 5.04. The molecule has 0 saturated carbocycles. The number of pyridine rings is 2. The van der Waals surface area contributed by atoms with Crippen molar-refractivity contribution in [2.24, 2.45) is 0 Å². The van der Waals surface area contributed by atoms with E-state index in [4.69, 9.17) is 0 Å². The van der Waals surface area contributed by atoms with Crippen molar-refractivity contribution in [3.05, 3.63) is 42.7 Å². The van der Waals surface area contributed by atoms with E-state index in [9.17, 15) is 13.2 Å². The largest absolute Gasteiger partial charge is 0.325 e. The molecule has 24 heavy (non-hydrogen) atoms. The van der Waals surface area contributed by atoms with Gasteiger partial charge in [-0.2, -0.15) is 0 Å². The lowest BCUT2D eigenvalue weighted by Crippen LogP contribution is -2.34. The van der Waals surface area contributed by atoms with E-state index in [1.807, 2.05) is 18.2 Å². The second kappa shape index (κ2) is 8.25. The zero-order valence-corrected chi connectivity index (χ0v) is 15.1. The van der Waals surface area contributed by atoms with E-state index >= 15 is 0 Å². The Morgan fingerprint density at radius 3 is 2.62 bits per heavy atom. The Balaban J connectivity index is 2.08. The number of nitrogens with zero attached hydrogens (tertiary/aromatic N) is 2. The first-order valence-electron chi connectivity index (χ1n) is 7.49. The Labute approximate surface area is 146 Å². The molecule has 0 aromatic carbocycles. The SMILES string of the molecule is CCCS(=O)(=O)C(C)C(=O)Nc1ccnc(Sc2ccccn2)c1. The van der Waals surface area contributed by atoms with Crippen molar-refractivity contribution < 1.29 is 13.2 Å². The molecule has 2 heterocycles. The average molecular weight is 365 g/mol. The summed E-state index contributed by atoms with van der Waals surface area (Å²) in [6, 6.07) is 8.88. The van der Waals surface area contributed by atoms with E-state index in [1.54, 1.807) is 31.5 Å². The molecule has 1 atom stereocenters. The smallest absolute Gasteiger partial charge is 0.242 e. The monoisotopic (exact) mass is 365 g/mol. The van der Waals surface area contributed by atoms with Gasteiger partial charge in [-0.25, -0.2) is 18.4 Å². The number of amides is 1. The van der Waals surface area contributed by atoms with Crippen molar-refractivity contribution in [2.75, 3.05) is 11.1 Å². The molecule has 0 fully saturated rings. The lowest BCUT2D eigenvalue weighted by Gasteiger charge is -2.13.